The summed E-state index contributed by atoms with van der Waals surface area (Å²) in [6.07, 6.45) is 4.72. The Morgan fingerprint density at radius 3 is 2.05 bits per heavy atom. The van der Waals surface area contributed by atoms with Crippen molar-refractivity contribution in [2.24, 2.45) is 11.0 Å². The highest BCUT2D eigenvalue weighted by Gasteiger charge is 2.46. The van der Waals surface area contributed by atoms with Crippen molar-refractivity contribution in [3.63, 3.8) is 0 Å². The van der Waals surface area contributed by atoms with Gasteiger partial charge in [-0.3, -0.25) is 0 Å². The molecule has 0 aromatic carbocycles. The van der Waals surface area contributed by atoms with Crippen molar-refractivity contribution in [3.8, 4) is 0 Å². The molecule has 20 heavy (non-hydrogen) atoms. The summed E-state index contributed by atoms with van der Waals surface area (Å²) in [7, 11) is -1.55. The van der Waals surface area contributed by atoms with Gasteiger partial charge in [-0.15, -0.1) is 0 Å². The van der Waals surface area contributed by atoms with Crippen LogP contribution in [0, 0.1) is 5.92 Å². The molecule has 0 saturated carbocycles. The van der Waals surface area contributed by atoms with E-state index < -0.39 is 8.07 Å². The quantitative estimate of drug-likeness (QED) is 0.249. The maximum Gasteiger partial charge on any atom is 0.0886 e. The smallest absolute Gasteiger partial charge is 0.0863 e. The molecule has 0 aliphatic heterocycles. The van der Waals surface area contributed by atoms with Crippen LogP contribution >= 0.6 is 0 Å². The zero-order chi connectivity index (χ0) is 15.5. The Hall–Kier alpha value is -0.733. The second kappa shape index (κ2) is 6.82. The fourth-order valence-corrected chi connectivity index (χ4v) is 11.9. The normalized spacial score (nSPS) is 24.0. The van der Waals surface area contributed by atoms with Gasteiger partial charge in [-0.1, -0.05) is 64.9 Å². The van der Waals surface area contributed by atoms with Gasteiger partial charge in [0.25, 0.3) is 0 Å². The topological polar surface area (TPSA) is 48.8 Å². The third-order valence-electron chi connectivity index (χ3n) is 5.43. The first-order valence-corrected chi connectivity index (χ1v) is 10.3. The Morgan fingerprint density at radius 2 is 1.65 bits per heavy atom. The lowest BCUT2D eigenvalue weighted by Crippen LogP contribution is -2.48. The first kappa shape index (κ1) is 17.3. The van der Waals surface area contributed by atoms with Crippen LogP contribution in [0.4, 0.5) is 0 Å². The van der Waals surface area contributed by atoms with E-state index in [4.69, 9.17) is 5.53 Å². The van der Waals surface area contributed by atoms with Gasteiger partial charge in [0.15, 0.2) is 0 Å². The second-order valence-corrected chi connectivity index (χ2v) is 13.3. The van der Waals surface area contributed by atoms with Gasteiger partial charge < -0.3 is 0 Å². The minimum absolute atomic E-state index is 0.0619. The Bertz CT molecular complexity index is 384. The van der Waals surface area contributed by atoms with E-state index in [0.29, 0.717) is 5.92 Å². The first-order valence-electron chi connectivity index (χ1n) is 8.03. The molecule has 114 valence electrons. The van der Waals surface area contributed by atoms with Crippen molar-refractivity contribution in [3.05, 3.63) is 21.7 Å². The first-order chi connectivity index (χ1) is 9.28. The number of azide groups is 1. The van der Waals surface area contributed by atoms with Gasteiger partial charge in [0.05, 0.1) is 14.1 Å². The van der Waals surface area contributed by atoms with Crippen LogP contribution in [0.3, 0.4) is 0 Å². The highest BCUT2D eigenvalue weighted by atomic mass is 28.3. The third kappa shape index (κ3) is 2.96. The molecular weight excluding hydrogens is 262 g/mol. The molecular formula is C16H31N3Si. The highest BCUT2D eigenvalue weighted by molar-refractivity contribution is 6.89. The van der Waals surface area contributed by atoms with Crippen molar-refractivity contribution < 1.29 is 0 Å². The number of allylic oxidation sites excluding steroid dienone is 1. The molecule has 0 aromatic heterocycles. The van der Waals surface area contributed by atoms with Gasteiger partial charge in [-0.2, -0.15) is 0 Å². The summed E-state index contributed by atoms with van der Waals surface area (Å²) in [6.45, 7) is 16.6. The van der Waals surface area contributed by atoms with Crippen LogP contribution in [-0.2, 0) is 0 Å². The second-order valence-electron chi connectivity index (χ2n) is 7.30. The minimum Gasteiger partial charge on any atom is -0.0863 e. The molecule has 1 aliphatic carbocycles. The molecule has 0 fully saturated rings. The lowest BCUT2D eigenvalue weighted by Gasteiger charge is -2.47. The molecule has 0 radical (unpaired) electrons. The van der Waals surface area contributed by atoms with Gasteiger partial charge in [0.2, 0.25) is 0 Å². The number of nitrogens with zero attached hydrogens (tertiary/aromatic N) is 3. The van der Waals surface area contributed by atoms with Crippen molar-refractivity contribution in [1.29, 1.82) is 0 Å². The van der Waals surface area contributed by atoms with E-state index in [2.05, 4.69) is 64.6 Å². The van der Waals surface area contributed by atoms with Gasteiger partial charge in [0.1, 0.15) is 0 Å². The summed E-state index contributed by atoms with van der Waals surface area (Å²) >= 11 is 0. The Morgan fingerprint density at radius 1 is 1.15 bits per heavy atom. The molecule has 4 heteroatoms. The van der Waals surface area contributed by atoms with Crippen LogP contribution in [0.15, 0.2) is 16.4 Å². The third-order valence-corrected chi connectivity index (χ3v) is 12.7. The van der Waals surface area contributed by atoms with E-state index in [-0.39, 0.29) is 6.04 Å². The lowest BCUT2D eigenvalue weighted by molar-refractivity contribution is 0.458. The molecule has 0 amide bonds. The SMILES string of the molecule is CC1CCC([Si](C(C)C)(C(C)C)C(C)C)=CC1N=[N+]=[N-]. The Balaban J connectivity index is 3.34. The van der Waals surface area contributed by atoms with Crippen molar-refractivity contribution in [1.82, 2.24) is 0 Å². The van der Waals surface area contributed by atoms with Crippen molar-refractivity contribution in [2.45, 2.75) is 84.0 Å². The summed E-state index contributed by atoms with van der Waals surface area (Å²) in [4.78, 5) is 3.06. The van der Waals surface area contributed by atoms with E-state index in [1.54, 1.807) is 5.20 Å². The highest BCUT2D eigenvalue weighted by Crippen LogP contribution is 2.49. The van der Waals surface area contributed by atoms with Gasteiger partial charge in [0, 0.05) is 4.91 Å². The summed E-state index contributed by atoms with van der Waals surface area (Å²) in [5, 5.41) is 5.69. The molecule has 1 aliphatic rings. The van der Waals surface area contributed by atoms with Gasteiger partial charge >= 0.3 is 0 Å². The molecule has 3 nitrogen and oxygen atoms in total. The predicted octanol–water partition coefficient (Wildman–Crippen LogP) is 6.24. The lowest BCUT2D eigenvalue weighted by atomic mass is 9.92. The van der Waals surface area contributed by atoms with Crippen LogP contribution in [0.2, 0.25) is 16.6 Å². The van der Waals surface area contributed by atoms with Crippen LogP contribution in [0.1, 0.15) is 61.3 Å². The predicted molar refractivity (Wildman–Crippen MR) is 90.5 cm³/mol. The summed E-state index contributed by atoms with van der Waals surface area (Å²) in [5.41, 5.74) is 11.0. The van der Waals surface area contributed by atoms with Crippen LogP contribution in [0.5, 0.6) is 0 Å². The molecule has 0 saturated heterocycles. The van der Waals surface area contributed by atoms with Gasteiger partial charge in [-0.25, -0.2) is 0 Å². The van der Waals surface area contributed by atoms with Crippen LogP contribution < -0.4 is 0 Å². The van der Waals surface area contributed by atoms with E-state index in [1.165, 1.54) is 6.42 Å². The molecule has 0 bridgehead atoms. The fraction of sp³-hybridized carbons (Fsp3) is 0.875. The average molecular weight is 294 g/mol. The van der Waals surface area contributed by atoms with E-state index in [0.717, 1.165) is 23.0 Å². The summed E-state index contributed by atoms with van der Waals surface area (Å²) in [5.74, 6) is 0.479. The average Bonchev–Trinajstić information content (AvgIpc) is 2.32. The molecule has 0 heterocycles. The number of rotatable bonds is 5. The largest absolute Gasteiger partial charge is 0.0886 e. The van der Waals surface area contributed by atoms with E-state index in [9.17, 15) is 0 Å². The minimum atomic E-state index is -1.55. The monoisotopic (exact) mass is 293 g/mol. The molecule has 0 N–H and O–H groups in total. The summed E-state index contributed by atoms with van der Waals surface area (Å²) < 4.78 is 0. The number of hydrogen-bond acceptors (Lipinski definition) is 1. The summed E-state index contributed by atoms with van der Waals surface area (Å²) in [6, 6.07) is 0.0619. The molecule has 2 atom stereocenters. The fourth-order valence-electron chi connectivity index (χ4n) is 4.69. The molecule has 0 spiro atoms. The standard InChI is InChI=1S/C16H31N3Si/c1-11(2)20(12(3)4,13(5)6)15-9-8-14(7)16(10-15)18-19-17/h10-14,16H,8-9H2,1-7H3. The van der Waals surface area contributed by atoms with Crippen LogP contribution in [0.25, 0.3) is 10.4 Å². The maximum absolute atomic E-state index is 8.79. The van der Waals surface area contributed by atoms with Crippen molar-refractivity contribution in [2.75, 3.05) is 0 Å². The zero-order valence-corrected chi connectivity index (χ0v) is 15.2. The maximum atomic E-state index is 8.79. The molecule has 1 rings (SSSR count). The number of hydrogen-bond donors (Lipinski definition) is 0. The van der Waals surface area contributed by atoms with Crippen molar-refractivity contribution >= 4 is 8.07 Å². The molecule has 0 aromatic rings. The Labute approximate surface area is 125 Å². The van der Waals surface area contributed by atoms with E-state index >= 15 is 0 Å². The van der Waals surface area contributed by atoms with E-state index in [1.807, 2.05) is 0 Å². The zero-order valence-electron chi connectivity index (χ0n) is 14.2. The molecule has 2 unspecified atom stereocenters. The Kier molecular flexibility index (Phi) is 5.90. The van der Waals surface area contributed by atoms with Crippen LogP contribution in [-0.4, -0.2) is 14.1 Å². The van der Waals surface area contributed by atoms with Gasteiger partial charge in [-0.05, 0) is 40.9 Å².